The van der Waals surface area contributed by atoms with Crippen molar-refractivity contribution in [3.63, 3.8) is 0 Å². The number of aliphatic hydroxyl groups is 1. The zero-order chi connectivity index (χ0) is 14.5. The van der Waals surface area contributed by atoms with Crippen LogP contribution >= 0.6 is 0 Å². The number of carbonyl (C=O) groups excluding carboxylic acids is 1. The number of rotatable bonds is 5. The number of hydrogen-bond donors (Lipinski definition) is 2. The second-order valence-corrected chi connectivity index (χ2v) is 5.37. The predicted octanol–water partition coefficient (Wildman–Crippen LogP) is 1.75. The van der Waals surface area contributed by atoms with Crippen LogP contribution in [0, 0.1) is 5.92 Å². The van der Waals surface area contributed by atoms with Gasteiger partial charge < -0.3 is 15.3 Å². The highest BCUT2D eigenvalue weighted by Crippen LogP contribution is 2.23. The summed E-state index contributed by atoms with van der Waals surface area (Å²) in [4.78, 5) is 18.6. The number of pyridine rings is 1. The number of nitrogens with zero attached hydrogens (tertiary/aromatic N) is 2. The zero-order valence-corrected chi connectivity index (χ0v) is 12.2. The van der Waals surface area contributed by atoms with Crippen molar-refractivity contribution in [2.24, 2.45) is 5.92 Å². The number of anilines is 1. The molecule has 5 heteroatoms. The second kappa shape index (κ2) is 6.70. The van der Waals surface area contributed by atoms with Crippen molar-refractivity contribution in [3.8, 4) is 0 Å². The van der Waals surface area contributed by atoms with Crippen molar-refractivity contribution in [2.75, 3.05) is 25.0 Å². The number of hydrogen-bond acceptors (Lipinski definition) is 4. The van der Waals surface area contributed by atoms with E-state index < -0.39 is 0 Å². The predicted molar refractivity (Wildman–Crippen MR) is 78.7 cm³/mol. The van der Waals surface area contributed by atoms with E-state index >= 15 is 0 Å². The van der Waals surface area contributed by atoms with Crippen LogP contribution < -0.4 is 5.32 Å². The normalized spacial score (nSPS) is 19.9. The minimum atomic E-state index is -0.362. The fourth-order valence-electron chi connectivity index (χ4n) is 2.50. The van der Waals surface area contributed by atoms with E-state index in [-0.39, 0.29) is 17.9 Å². The van der Waals surface area contributed by atoms with Crippen LogP contribution in [-0.4, -0.2) is 46.6 Å². The van der Waals surface area contributed by atoms with Gasteiger partial charge in [-0.1, -0.05) is 6.92 Å². The fraction of sp³-hybridized carbons (Fsp3) is 0.600. The monoisotopic (exact) mass is 277 g/mol. The largest absolute Gasteiger partial charge is 0.393 e. The number of likely N-dealkylation sites (tertiary alicyclic amines) is 1. The minimum Gasteiger partial charge on any atom is -0.393 e. The van der Waals surface area contributed by atoms with E-state index in [1.54, 1.807) is 19.2 Å². The van der Waals surface area contributed by atoms with Crippen molar-refractivity contribution in [1.29, 1.82) is 0 Å². The van der Waals surface area contributed by atoms with Gasteiger partial charge in [0.15, 0.2) is 0 Å². The van der Waals surface area contributed by atoms with E-state index in [1.165, 1.54) is 0 Å². The van der Waals surface area contributed by atoms with Crippen molar-refractivity contribution in [3.05, 3.63) is 23.9 Å². The maximum absolute atomic E-state index is 12.6. The van der Waals surface area contributed by atoms with Gasteiger partial charge in [-0.2, -0.15) is 0 Å². The average Bonchev–Trinajstić information content (AvgIpc) is 2.94. The summed E-state index contributed by atoms with van der Waals surface area (Å²) < 4.78 is 0. The lowest BCUT2D eigenvalue weighted by Crippen LogP contribution is -2.31. The molecule has 1 aromatic rings. The molecule has 1 amide bonds. The Labute approximate surface area is 120 Å². The average molecular weight is 277 g/mol. The molecule has 0 aromatic carbocycles. The first-order valence-corrected chi connectivity index (χ1v) is 7.29. The first-order valence-electron chi connectivity index (χ1n) is 7.29. The molecule has 1 aromatic heterocycles. The fourth-order valence-corrected chi connectivity index (χ4v) is 2.50. The van der Waals surface area contributed by atoms with Crippen LogP contribution in [0.4, 0.5) is 5.82 Å². The van der Waals surface area contributed by atoms with Crippen LogP contribution in [0.15, 0.2) is 18.3 Å². The van der Waals surface area contributed by atoms with E-state index in [0.29, 0.717) is 24.5 Å². The van der Waals surface area contributed by atoms with Crippen LogP contribution in [0.25, 0.3) is 0 Å². The van der Waals surface area contributed by atoms with E-state index in [4.69, 9.17) is 0 Å². The molecule has 0 bridgehead atoms. The third kappa shape index (κ3) is 3.28. The molecule has 2 N–H and O–H groups in total. The topological polar surface area (TPSA) is 65.5 Å². The van der Waals surface area contributed by atoms with Crippen LogP contribution in [0.2, 0.25) is 0 Å². The summed E-state index contributed by atoms with van der Waals surface area (Å²) in [5, 5.41) is 12.8. The van der Waals surface area contributed by atoms with Gasteiger partial charge in [-0.05, 0) is 31.9 Å². The van der Waals surface area contributed by atoms with Gasteiger partial charge in [0.25, 0.3) is 5.91 Å². The molecule has 1 fully saturated rings. The first-order chi connectivity index (χ1) is 9.63. The Balaban J connectivity index is 2.09. The number of nitrogens with one attached hydrogen (secondary N) is 1. The summed E-state index contributed by atoms with van der Waals surface area (Å²) >= 11 is 0. The molecule has 2 atom stereocenters. The smallest absolute Gasteiger partial charge is 0.257 e. The van der Waals surface area contributed by atoms with E-state index in [9.17, 15) is 9.90 Å². The molecule has 2 heterocycles. The standard InChI is InChI=1S/C15H23N3O2/c1-3-7-16-14-13(5-4-8-17-14)15(20)18-9-6-12(10-18)11(2)19/h4-5,8,11-12,19H,3,6-7,9-10H2,1-2H3,(H,16,17). The first kappa shape index (κ1) is 14.8. The van der Waals surface area contributed by atoms with Crippen molar-refractivity contribution < 1.29 is 9.90 Å². The SMILES string of the molecule is CCCNc1ncccc1C(=O)N1CCC(C(C)O)C1. The van der Waals surface area contributed by atoms with E-state index in [1.807, 2.05) is 11.0 Å². The Kier molecular flexibility index (Phi) is 4.95. The van der Waals surface area contributed by atoms with Gasteiger partial charge in [0.1, 0.15) is 5.82 Å². The molecule has 0 aliphatic carbocycles. The molecule has 0 saturated carbocycles. The molecule has 5 nitrogen and oxygen atoms in total. The summed E-state index contributed by atoms with van der Waals surface area (Å²) in [6.45, 7) is 5.99. The highest BCUT2D eigenvalue weighted by Gasteiger charge is 2.30. The lowest BCUT2D eigenvalue weighted by molar-refractivity contribution is 0.0763. The van der Waals surface area contributed by atoms with Gasteiger partial charge in [0, 0.05) is 31.7 Å². The number of amides is 1. The van der Waals surface area contributed by atoms with Gasteiger partial charge in [-0.3, -0.25) is 4.79 Å². The van der Waals surface area contributed by atoms with Crippen LogP contribution in [0.3, 0.4) is 0 Å². The highest BCUT2D eigenvalue weighted by atomic mass is 16.3. The van der Waals surface area contributed by atoms with Crippen molar-refractivity contribution in [2.45, 2.75) is 32.8 Å². The summed E-state index contributed by atoms with van der Waals surface area (Å²) in [6.07, 6.45) is 3.18. The molecule has 0 radical (unpaired) electrons. The van der Waals surface area contributed by atoms with Crippen molar-refractivity contribution in [1.82, 2.24) is 9.88 Å². The van der Waals surface area contributed by atoms with Gasteiger partial charge >= 0.3 is 0 Å². The molecule has 110 valence electrons. The maximum atomic E-state index is 12.6. The van der Waals surface area contributed by atoms with Gasteiger partial charge in [0.05, 0.1) is 11.7 Å². The zero-order valence-electron chi connectivity index (χ0n) is 12.2. The highest BCUT2D eigenvalue weighted by molar-refractivity contribution is 5.98. The lowest BCUT2D eigenvalue weighted by Gasteiger charge is -2.19. The Bertz CT molecular complexity index is 462. The van der Waals surface area contributed by atoms with E-state index in [0.717, 1.165) is 19.4 Å². The van der Waals surface area contributed by atoms with Crippen molar-refractivity contribution >= 4 is 11.7 Å². The number of aromatic nitrogens is 1. The van der Waals surface area contributed by atoms with Crippen LogP contribution in [-0.2, 0) is 0 Å². The molecule has 20 heavy (non-hydrogen) atoms. The summed E-state index contributed by atoms with van der Waals surface area (Å²) in [5.41, 5.74) is 0.618. The lowest BCUT2D eigenvalue weighted by atomic mass is 10.0. The third-order valence-corrected chi connectivity index (χ3v) is 3.77. The van der Waals surface area contributed by atoms with Crippen LogP contribution in [0.5, 0.6) is 0 Å². The third-order valence-electron chi connectivity index (χ3n) is 3.77. The van der Waals surface area contributed by atoms with Crippen LogP contribution in [0.1, 0.15) is 37.0 Å². The molecule has 1 saturated heterocycles. The quantitative estimate of drug-likeness (QED) is 0.860. The summed E-state index contributed by atoms with van der Waals surface area (Å²) in [5.74, 6) is 0.836. The molecule has 0 spiro atoms. The minimum absolute atomic E-state index is 0.000136. The molecule has 1 aliphatic heterocycles. The van der Waals surface area contributed by atoms with E-state index in [2.05, 4.69) is 17.2 Å². The molecular weight excluding hydrogens is 254 g/mol. The van der Waals surface area contributed by atoms with Gasteiger partial charge in [-0.25, -0.2) is 4.98 Å². The second-order valence-electron chi connectivity index (χ2n) is 5.37. The Hall–Kier alpha value is -1.62. The molecule has 1 aliphatic rings. The number of carbonyl (C=O) groups is 1. The Morgan fingerprint density at radius 3 is 3.10 bits per heavy atom. The molecule has 2 rings (SSSR count). The van der Waals surface area contributed by atoms with Gasteiger partial charge in [0.2, 0.25) is 0 Å². The maximum Gasteiger partial charge on any atom is 0.257 e. The van der Waals surface area contributed by atoms with Gasteiger partial charge in [-0.15, -0.1) is 0 Å². The Morgan fingerprint density at radius 2 is 2.45 bits per heavy atom. The Morgan fingerprint density at radius 1 is 1.65 bits per heavy atom. The molecular formula is C15H23N3O2. The summed E-state index contributed by atoms with van der Waals surface area (Å²) in [6, 6.07) is 3.59. The summed E-state index contributed by atoms with van der Waals surface area (Å²) in [7, 11) is 0. The molecule has 2 unspecified atom stereocenters. The number of aliphatic hydroxyl groups excluding tert-OH is 1.